The first-order valence-corrected chi connectivity index (χ1v) is 9.72. The monoisotopic (exact) mass is 402 g/mol. The SMILES string of the molecule is NC(=O)c1ccc2c(c1)OC(C(=O)C(Oc1ccccc1)c1ccccc1)CNC2. The number of fused-ring (bicyclic) bond motifs is 1. The van der Waals surface area contributed by atoms with Crippen LogP contribution in [0.5, 0.6) is 11.5 Å². The number of benzene rings is 3. The van der Waals surface area contributed by atoms with Crippen molar-refractivity contribution in [1.29, 1.82) is 0 Å². The fraction of sp³-hybridized carbons (Fsp3) is 0.167. The smallest absolute Gasteiger partial charge is 0.248 e. The summed E-state index contributed by atoms with van der Waals surface area (Å²) in [6.45, 7) is 0.842. The van der Waals surface area contributed by atoms with Crippen molar-refractivity contribution in [3.8, 4) is 11.5 Å². The maximum absolute atomic E-state index is 13.5. The summed E-state index contributed by atoms with van der Waals surface area (Å²) in [4.78, 5) is 25.1. The van der Waals surface area contributed by atoms with Crippen LogP contribution in [0.15, 0.2) is 78.9 Å². The van der Waals surface area contributed by atoms with Crippen molar-refractivity contribution in [2.45, 2.75) is 18.8 Å². The number of hydrogen-bond donors (Lipinski definition) is 2. The van der Waals surface area contributed by atoms with Crippen LogP contribution >= 0.6 is 0 Å². The largest absolute Gasteiger partial charge is 0.481 e. The maximum atomic E-state index is 13.5. The molecule has 1 aliphatic rings. The number of ether oxygens (including phenoxy) is 2. The molecule has 1 aliphatic heterocycles. The molecule has 1 amide bonds. The Morgan fingerprint density at radius 2 is 1.70 bits per heavy atom. The zero-order chi connectivity index (χ0) is 20.9. The number of rotatable bonds is 6. The van der Waals surface area contributed by atoms with Crippen molar-refractivity contribution < 1.29 is 19.1 Å². The minimum absolute atomic E-state index is 0.213. The zero-order valence-electron chi connectivity index (χ0n) is 16.3. The number of Topliss-reactive ketones (excluding diaryl/α,β-unsaturated/α-hetero) is 1. The predicted octanol–water partition coefficient (Wildman–Crippen LogP) is 3.03. The van der Waals surface area contributed by atoms with Gasteiger partial charge in [-0.2, -0.15) is 0 Å². The molecule has 0 aliphatic carbocycles. The van der Waals surface area contributed by atoms with Gasteiger partial charge in [0.2, 0.25) is 11.7 Å². The van der Waals surface area contributed by atoms with Gasteiger partial charge in [0.15, 0.2) is 12.2 Å². The second-order valence-electron chi connectivity index (χ2n) is 7.05. The van der Waals surface area contributed by atoms with E-state index < -0.39 is 18.1 Å². The molecule has 0 fully saturated rings. The van der Waals surface area contributed by atoms with Crippen LogP contribution in [0.3, 0.4) is 0 Å². The van der Waals surface area contributed by atoms with Crippen molar-refractivity contribution in [3.63, 3.8) is 0 Å². The van der Waals surface area contributed by atoms with Gasteiger partial charge in [-0.15, -0.1) is 0 Å². The highest BCUT2D eigenvalue weighted by Gasteiger charge is 2.33. The highest BCUT2D eigenvalue weighted by molar-refractivity contribution is 5.93. The third-order valence-corrected chi connectivity index (χ3v) is 4.94. The van der Waals surface area contributed by atoms with Gasteiger partial charge in [-0.25, -0.2) is 0 Å². The summed E-state index contributed by atoms with van der Waals surface area (Å²) < 4.78 is 12.1. The first-order chi connectivity index (χ1) is 14.6. The van der Waals surface area contributed by atoms with E-state index in [0.717, 1.165) is 11.1 Å². The Bertz CT molecular complexity index is 1040. The molecule has 1 heterocycles. The Morgan fingerprint density at radius 1 is 1.00 bits per heavy atom. The number of nitrogens with one attached hydrogen (secondary N) is 1. The van der Waals surface area contributed by atoms with Crippen LogP contribution in [-0.2, 0) is 11.3 Å². The Balaban J connectivity index is 1.63. The maximum Gasteiger partial charge on any atom is 0.248 e. The lowest BCUT2D eigenvalue weighted by atomic mass is 10.0. The normalized spacial score (nSPS) is 16.5. The summed E-state index contributed by atoms with van der Waals surface area (Å²) in [5, 5.41) is 3.24. The summed E-state index contributed by atoms with van der Waals surface area (Å²) in [6, 6.07) is 23.6. The first kappa shape index (κ1) is 19.7. The number of para-hydroxylation sites is 1. The van der Waals surface area contributed by atoms with Gasteiger partial charge in [-0.1, -0.05) is 54.6 Å². The average Bonchev–Trinajstić information content (AvgIpc) is 3.00. The van der Waals surface area contributed by atoms with Crippen molar-refractivity contribution in [2.24, 2.45) is 5.73 Å². The van der Waals surface area contributed by atoms with Crippen LogP contribution in [0, 0.1) is 0 Å². The molecule has 2 atom stereocenters. The molecule has 30 heavy (non-hydrogen) atoms. The number of ketones is 1. The molecule has 0 spiro atoms. The molecule has 3 aromatic carbocycles. The lowest BCUT2D eigenvalue weighted by Gasteiger charge is -2.24. The fourth-order valence-corrected chi connectivity index (χ4v) is 3.38. The topological polar surface area (TPSA) is 90.7 Å². The quantitative estimate of drug-likeness (QED) is 0.661. The second kappa shape index (κ2) is 8.80. The minimum Gasteiger partial charge on any atom is -0.481 e. The van der Waals surface area contributed by atoms with E-state index in [4.69, 9.17) is 15.2 Å². The molecular formula is C24H22N2O4. The Hall–Kier alpha value is -3.64. The van der Waals surface area contributed by atoms with Crippen LogP contribution in [0.1, 0.15) is 27.6 Å². The van der Waals surface area contributed by atoms with Crippen LogP contribution in [0.4, 0.5) is 0 Å². The van der Waals surface area contributed by atoms with Crippen LogP contribution in [0.25, 0.3) is 0 Å². The van der Waals surface area contributed by atoms with Gasteiger partial charge in [0.25, 0.3) is 0 Å². The first-order valence-electron chi connectivity index (χ1n) is 9.72. The Kier molecular flexibility index (Phi) is 5.77. The van der Waals surface area contributed by atoms with Crippen molar-refractivity contribution in [3.05, 3.63) is 95.6 Å². The fourth-order valence-electron chi connectivity index (χ4n) is 3.38. The number of nitrogens with two attached hydrogens (primary N) is 1. The lowest BCUT2D eigenvalue weighted by molar-refractivity contribution is -0.132. The van der Waals surface area contributed by atoms with Crippen molar-refractivity contribution in [1.82, 2.24) is 5.32 Å². The summed E-state index contributed by atoms with van der Waals surface area (Å²) in [7, 11) is 0. The zero-order valence-corrected chi connectivity index (χ0v) is 16.3. The number of amides is 1. The highest BCUT2D eigenvalue weighted by atomic mass is 16.5. The molecule has 3 aromatic rings. The van der Waals surface area contributed by atoms with Crippen molar-refractivity contribution in [2.75, 3.05) is 6.54 Å². The molecule has 0 saturated heterocycles. The van der Waals surface area contributed by atoms with Gasteiger partial charge in [0, 0.05) is 29.8 Å². The summed E-state index contributed by atoms with van der Waals surface area (Å²) in [5.41, 5.74) is 7.33. The van der Waals surface area contributed by atoms with Crippen LogP contribution in [-0.4, -0.2) is 24.3 Å². The van der Waals surface area contributed by atoms with E-state index in [1.165, 1.54) is 0 Å². The van der Waals surface area contributed by atoms with E-state index in [9.17, 15) is 9.59 Å². The van der Waals surface area contributed by atoms with Gasteiger partial charge < -0.3 is 20.5 Å². The Labute approximate surface area is 174 Å². The lowest BCUT2D eigenvalue weighted by Crippen LogP contribution is -2.40. The van der Waals surface area contributed by atoms with Gasteiger partial charge in [-0.3, -0.25) is 9.59 Å². The molecule has 0 aromatic heterocycles. The molecule has 6 heteroatoms. The van der Waals surface area contributed by atoms with E-state index in [1.54, 1.807) is 18.2 Å². The summed E-state index contributed by atoms with van der Waals surface area (Å²) >= 11 is 0. The minimum atomic E-state index is -0.832. The molecule has 2 unspecified atom stereocenters. The molecular weight excluding hydrogens is 380 g/mol. The number of primary amides is 1. The predicted molar refractivity (Wildman–Crippen MR) is 112 cm³/mol. The molecule has 0 saturated carbocycles. The van der Waals surface area contributed by atoms with Gasteiger partial charge in [0.05, 0.1) is 0 Å². The standard InChI is InChI=1S/C24H22N2O4/c25-24(28)17-11-12-18-14-26-15-21(30-20(18)13-17)22(27)23(16-7-3-1-4-8-16)29-19-9-5-2-6-10-19/h1-13,21,23,26H,14-15H2,(H2,25,28). The molecule has 0 bridgehead atoms. The third kappa shape index (κ3) is 4.34. The number of carbonyl (C=O) groups is 2. The van der Waals surface area contributed by atoms with E-state index >= 15 is 0 Å². The molecule has 152 valence electrons. The van der Waals surface area contributed by atoms with E-state index in [0.29, 0.717) is 30.2 Å². The second-order valence-corrected chi connectivity index (χ2v) is 7.05. The van der Waals surface area contributed by atoms with Gasteiger partial charge in [0.1, 0.15) is 11.5 Å². The van der Waals surface area contributed by atoms with E-state index in [2.05, 4.69) is 5.32 Å². The van der Waals surface area contributed by atoms with Crippen LogP contribution < -0.4 is 20.5 Å². The molecule has 3 N–H and O–H groups in total. The van der Waals surface area contributed by atoms with E-state index in [1.807, 2.05) is 60.7 Å². The van der Waals surface area contributed by atoms with E-state index in [-0.39, 0.29) is 5.78 Å². The molecule has 6 nitrogen and oxygen atoms in total. The third-order valence-electron chi connectivity index (χ3n) is 4.94. The summed E-state index contributed by atoms with van der Waals surface area (Å²) in [5.74, 6) is 0.310. The molecule has 0 radical (unpaired) electrons. The van der Waals surface area contributed by atoms with Crippen LogP contribution in [0.2, 0.25) is 0 Å². The van der Waals surface area contributed by atoms with Crippen molar-refractivity contribution >= 4 is 11.7 Å². The van der Waals surface area contributed by atoms with Gasteiger partial charge in [-0.05, 0) is 24.3 Å². The highest BCUT2D eigenvalue weighted by Crippen LogP contribution is 2.28. The summed E-state index contributed by atoms with van der Waals surface area (Å²) in [6.07, 6.45) is -1.62. The molecule has 4 rings (SSSR count). The number of hydrogen-bond acceptors (Lipinski definition) is 5. The van der Waals surface area contributed by atoms with Gasteiger partial charge >= 0.3 is 0 Å². The number of carbonyl (C=O) groups excluding carboxylic acids is 2. The Morgan fingerprint density at radius 3 is 2.40 bits per heavy atom. The average molecular weight is 402 g/mol.